The second-order valence-corrected chi connectivity index (χ2v) is 4.10. The van der Waals surface area contributed by atoms with E-state index < -0.39 is 0 Å². The monoisotopic (exact) mass is 222 g/mol. The van der Waals surface area contributed by atoms with Crippen molar-refractivity contribution >= 4 is 22.6 Å². The number of fused-ring (bicyclic) bond motifs is 1. The standard InChI is InChI=1S/C12H15ClN2/c1-3-7-15-11-8-9(13)5-6-10(11)14-12(15)4-2/h5-6,8H,3-4,7H2,1-2H3. The van der Waals surface area contributed by atoms with Crippen LogP contribution in [-0.2, 0) is 13.0 Å². The van der Waals surface area contributed by atoms with E-state index in [9.17, 15) is 0 Å². The van der Waals surface area contributed by atoms with Crippen LogP contribution in [0.3, 0.4) is 0 Å². The van der Waals surface area contributed by atoms with Gasteiger partial charge in [0, 0.05) is 18.0 Å². The Kier molecular flexibility index (Phi) is 2.96. The van der Waals surface area contributed by atoms with E-state index in [4.69, 9.17) is 11.6 Å². The van der Waals surface area contributed by atoms with E-state index in [2.05, 4.69) is 23.4 Å². The number of hydrogen-bond acceptors (Lipinski definition) is 1. The van der Waals surface area contributed by atoms with Gasteiger partial charge < -0.3 is 4.57 Å². The van der Waals surface area contributed by atoms with Gasteiger partial charge >= 0.3 is 0 Å². The predicted octanol–water partition coefficient (Wildman–Crippen LogP) is 3.66. The molecule has 2 rings (SSSR count). The summed E-state index contributed by atoms with van der Waals surface area (Å²) in [4.78, 5) is 4.60. The van der Waals surface area contributed by atoms with Gasteiger partial charge in [0.05, 0.1) is 11.0 Å². The van der Waals surface area contributed by atoms with Crippen LogP contribution in [0.5, 0.6) is 0 Å². The average Bonchev–Trinajstić information content (AvgIpc) is 2.57. The Balaban J connectivity index is 2.65. The number of nitrogens with zero attached hydrogens (tertiary/aromatic N) is 2. The number of aromatic nitrogens is 2. The summed E-state index contributed by atoms with van der Waals surface area (Å²) < 4.78 is 2.27. The molecule has 2 nitrogen and oxygen atoms in total. The van der Waals surface area contributed by atoms with Crippen molar-refractivity contribution in [3.63, 3.8) is 0 Å². The van der Waals surface area contributed by atoms with Crippen LogP contribution < -0.4 is 0 Å². The van der Waals surface area contributed by atoms with E-state index in [-0.39, 0.29) is 0 Å². The average molecular weight is 223 g/mol. The molecule has 0 spiro atoms. The van der Waals surface area contributed by atoms with Crippen LogP contribution in [0.2, 0.25) is 5.02 Å². The molecular formula is C12H15ClN2. The van der Waals surface area contributed by atoms with Crippen LogP contribution in [0.4, 0.5) is 0 Å². The van der Waals surface area contributed by atoms with Gasteiger partial charge in [-0.2, -0.15) is 0 Å². The predicted molar refractivity (Wildman–Crippen MR) is 64.4 cm³/mol. The van der Waals surface area contributed by atoms with Crippen LogP contribution in [0.25, 0.3) is 11.0 Å². The number of hydrogen-bond donors (Lipinski definition) is 0. The minimum absolute atomic E-state index is 0.780. The Morgan fingerprint density at radius 2 is 2.13 bits per heavy atom. The molecule has 0 saturated carbocycles. The summed E-state index contributed by atoms with van der Waals surface area (Å²) in [6.45, 7) is 5.32. The van der Waals surface area contributed by atoms with Crippen molar-refractivity contribution < 1.29 is 0 Å². The van der Waals surface area contributed by atoms with Gasteiger partial charge in [0.15, 0.2) is 0 Å². The molecule has 0 atom stereocenters. The number of aryl methyl sites for hydroxylation is 2. The highest BCUT2D eigenvalue weighted by molar-refractivity contribution is 6.31. The van der Waals surface area contributed by atoms with Crippen LogP contribution in [-0.4, -0.2) is 9.55 Å². The second-order valence-electron chi connectivity index (χ2n) is 3.67. The first-order chi connectivity index (χ1) is 7.26. The molecule has 0 aliphatic heterocycles. The Labute approximate surface area is 94.9 Å². The number of imidazole rings is 1. The molecule has 0 radical (unpaired) electrons. The van der Waals surface area contributed by atoms with Crippen LogP contribution >= 0.6 is 11.6 Å². The zero-order valence-electron chi connectivity index (χ0n) is 9.13. The minimum Gasteiger partial charge on any atom is -0.328 e. The largest absolute Gasteiger partial charge is 0.328 e. The molecule has 0 amide bonds. The highest BCUT2D eigenvalue weighted by Gasteiger charge is 2.08. The van der Waals surface area contributed by atoms with Gasteiger partial charge in [-0.25, -0.2) is 4.98 Å². The Hall–Kier alpha value is -1.02. The van der Waals surface area contributed by atoms with Crippen molar-refractivity contribution in [3.05, 3.63) is 29.0 Å². The Bertz CT molecular complexity index is 474. The third-order valence-corrected chi connectivity index (χ3v) is 2.79. The summed E-state index contributed by atoms with van der Waals surface area (Å²) in [6, 6.07) is 5.88. The van der Waals surface area contributed by atoms with Crippen LogP contribution in [0, 0.1) is 0 Å². The Morgan fingerprint density at radius 3 is 2.80 bits per heavy atom. The molecule has 0 aliphatic rings. The first-order valence-corrected chi connectivity index (χ1v) is 5.78. The third-order valence-electron chi connectivity index (χ3n) is 2.55. The normalized spacial score (nSPS) is 11.1. The van der Waals surface area contributed by atoms with Crippen molar-refractivity contribution in [2.75, 3.05) is 0 Å². The summed E-state index contributed by atoms with van der Waals surface area (Å²) in [5.41, 5.74) is 2.20. The molecule has 0 unspecified atom stereocenters. The van der Waals surface area contributed by atoms with Crippen LogP contribution in [0.1, 0.15) is 26.1 Å². The van der Waals surface area contributed by atoms with Gasteiger partial charge in [0.1, 0.15) is 5.82 Å². The maximum Gasteiger partial charge on any atom is 0.109 e. The van der Waals surface area contributed by atoms with Gasteiger partial charge in [0.25, 0.3) is 0 Å². The van der Waals surface area contributed by atoms with Gasteiger partial charge in [-0.15, -0.1) is 0 Å². The molecule has 0 fully saturated rings. The van der Waals surface area contributed by atoms with Crippen molar-refractivity contribution in [1.82, 2.24) is 9.55 Å². The van der Waals surface area contributed by atoms with E-state index >= 15 is 0 Å². The highest BCUT2D eigenvalue weighted by atomic mass is 35.5. The number of halogens is 1. The van der Waals surface area contributed by atoms with E-state index in [0.29, 0.717) is 0 Å². The smallest absolute Gasteiger partial charge is 0.109 e. The SMILES string of the molecule is CCCn1c(CC)nc2ccc(Cl)cc21. The molecule has 2 aromatic rings. The first-order valence-electron chi connectivity index (χ1n) is 5.41. The van der Waals surface area contributed by atoms with Crippen molar-refractivity contribution in [2.45, 2.75) is 33.2 Å². The zero-order chi connectivity index (χ0) is 10.8. The van der Waals surface area contributed by atoms with E-state index in [1.54, 1.807) is 0 Å². The topological polar surface area (TPSA) is 17.8 Å². The molecule has 0 aliphatic carbocycles. The number of benzene rings is 1. The fourth-order valence-corrected chi connectivity index (χ4v) is 2.06. The molecule has 0 saturated heterocycles. The van der Waals surface area contributed by atoms with Gasteiger partial charge in [-0.05, 0) is 24.6 Å². The van der Waals surface area contributed by atoms with E-state index in [0.717, 1.165) is 41.3 Å². The molecule has 1 heterocycles. The molecule has 0 bridgehead atoms. The quantitative estimate of drug-likeness (QED) is 0.775. The summed E-state index contributed by atoms with van der Waals surface area (Å²) in [5, 5.41) is 0.780. The van der Waals surface area contributed by atoms with E-state index in [1.165, 1.54) is 0 Å². The lowest BCUT2D eigenvalue weighted by atomic mass is 10.3. The van der Waals surface area contributed by atoms with Gasteiger partial charge in [0.2, 0.25) is 0 Å². The fraction of sp³-hybridized carbons (Fsp3) is 0.417. The Morgan fingerprint density at radius 1 is 1.33 bits per heavy atom. The first kappa shape index (κ1) is 10.5. The lowest BCUT2D eigenvalue weighted by molar-refractivity contribution is 0.659. The molecule has 15 heavy (non-hydrogen) atoms. The maximum atomic E-state index is 6.00. The zero-order valence-corrected chi connectivity index (χ0v) is 9.88. The molecule has 0 N–H and O–H groups in total. The summed E-state index contributed by atoms with van der Waals surface area (Å²) >= 11 is 6.00. The highest BCUT2D eigenvalue weighted by Crippen LogP contribution is 2.21. The molecular weight excluding hydrogens is 208 g/mol. The summed E-state index contributed by atoms with van der Waals surface area (Å²) in [6.07, 6.45) is 2.08. The molecule has 1 aromatic heterocycles. The van der Waals surface area contributed by atoms with Crippen molar-refractivity contribution in [1.29, 1.82) is 0 Å². The number of rotatable bonds is 3. The molecule has 3 heteroatoms. The summed E-state index contributed by atoms with van der Waals surface area (Å²) in [7, 11) is 0. The van der Waals surface area contributed by atoms with Gasteiger partial charge in [-0.1, -0.05) is 25.4 Å². The lowest BCUT2D eigenvalue weighted by Gasteiger charge is -2.05. The molecule has 1 aromatic carbocycles. The van der Waals surface area contributed by atoms with Crippen molar-refractivity contribution in [3.8, 4) is 0 Å². The minimum atomic E-state index is 0.780. The fourth-order valence-electron chi connectivity index (χ4n) is 1.89. The maximum absolute atomic E-state index is 6.00. The van der Waals surface area contributed by atoms with Crippen molar-refractivity contribution in [2.24, 2.45) is 0 Å². The third kappa shape index (κ3) is 1.86. The molecule has 80 valence electrons. The van der Waals surface area contributed by atoms with E-state index in [1.807, 2.05) is 18.2 Å². The summed E-state index contributed by atoms with van der Waals surface area (Å²) in [5.74, 6) is 1.15. The van der Waals surface area contributed by atoms with Crippen LogP contribution in [0.15, 0.2) is 18.2 Å². The van der Waals surface area contributed by atoms with Gasteiger partial charge in [-0.3, -0.25) is 0 Å². The second kappa shape index (κ2) is 4.23. The lowest BCUT2D eigenvalue weighted by Crippen LogP contribution is -2.01.